The molecule has 2 aliphatic rings. The third kappa shape index (κ3) is 5.07. The highest BCUT2D eigenvalue weighted by molar-refractivity contribution is 6.30. The number of morpholine rings is 1. The number of hydrogen-bond acceptors (Lipinski definition) is 5. The van der Waals surface area contributed by atoms with E-state index in [-0.39, 0.29) is 12.1 Å². The Hall–Kier alpha value is -0.850. The van der Waals surface area contributed by atoms with Crippen LogP contribution < -0.4 is 10.1 Å². The number of hydrogen-bond donors (Lipinski definition) is 2. The second-order valence-corrected chi connectivity index (χ2v) is 6.99. The van der Waals surface area contributed by atoms with E-state index in [2.05, 4.69) is 10.2 Å². The molecule has 2 N–H and O–H groups in total. The van der Waals surface area contributed by atoms with Crippen LogP contribution in [0.5, 0.6) is 5.75 Å². The van der Waals surface area contributed by atoms with E-state index in [1.165, 1.54) is 0 Å². The summed E-state index contributed by atoms with van der Waals surface area (Å²) >= 11 is 6.00. The maximum Gasteiger partial charge on any atom is 0.126 e. The zero-order valence-electron chi connectivity index (χ0n) is 14.0. The van der Waals surface area contributed by atoms with E-state index in [4.69, 9.17) is 21.1 Å². The highest BCUT2D eigenvalue weighted by Crippen LogP contribution is 2.26. The fraction of sp³-hybridized carbons (Fsp3) is 0.667. The second kappa shape index (κ2) is 9.02. The number of nitrogens with zero attached hydrogens (tertiary/aromatic N) is 1. The van der Waals surface area contributed by atoms with Crippen molar-refractivity contribution in [3.05, 3.63) is 29.3 Å². The van der Waals surface area contributed by atoms with Gasteiger partial charge in [0.25, 0.3) is 0 Å². The topological polar surface area (TPSA) is 54.0 Å². The molecule has 0 radical (unpaired) electrons. The van der Waals surface area contributed by atoms with Gasteiger partial charge in [-0.05, 0) is 37.5 Å². The van der Waals surface area contributed by atoms with Crippen molar-refractivity contribution in [1.82, 2.24) is 10.2 Å². The largest absolute Gasteiger partial charge is 0.488 e. The molecule has 5 nitrogen and oxygen atoms in total. The summed E-state index contributed by atoms with van der Waals surface area (Å²) in [5.41, 5.74) is 0. The van der Waals surface area contributed by atoms with Crippen molar-refractivity contribution in [2.45, 2.75) is 37.5 Å². The van der Waals surface area contributed by atoms with Crippen molar-refractivity contribution >= 4 is 11.6 Å². The van der Waals surface area contributed by atoms with Gasteiger partial charge < -0.3 is 19.9 Å². The van der Waals surface area contributed by atoms with Gasteiger partial charge in [-0.3, -0.25) is 4.90 Å². The summed E-state index contributed by atoms with van der Waals surface area (Å²) in [6, 6.07) is 7.45. The number of nitrogens with one attached hydrogen (secondary N) is 1. The van der Waals surface area contributed by atoms with Gasteiger partial charge in [-0.25, -0.2) is 0 Å². The Morgan fingerprint density at radius 2 is 2.12 bits per heavy atom. The molecule has 24 heavy (non-hydrogen) atoms. The van der Waals surface area contributed by atoms with E-state index in [0.717, 1.165) is 64.4 Å². The van der Waals surface area contributed by atoms with Gasteiger partial charge in [-0.2, -0.15) is 0 Å². The molecular weight excluding hydrogens is 328 g/mol. The lowest BCUT2D eigenvalue weighted by Gasteiger charge is -2.36. The molecule has 3 rings (SSSR count). The molecule has 0 aromatic heterocycles. The molecule has 1 aliphatic heterocycles. The first-order valence-corrected chi connectivity index (χ1v) is 9.24. The van der Waals surface area contributed by atoms with E-state index in [1.807, 2.05) is 18.2 Å². The first-order chi connectivity index (χ1) is 11.7. The molecule has 0 bridgehead atoms. The lowest BCUT2D eigenvalue weighted by molar-refractivity contribution is -0.0167. The van der Waals surface area contributed by atoms with Crippen LogP contribution in [0.25, 0.3) is 0 Å². The smallest absolute Gasteiger partial charge is 0.126 e. The average molecular weight is 355 g/mol. The van der Waals surface area contributed by atoms with Crippen LogP contribution in [0, 0.1) is 0 Å². The molecular formula is C18H27ClN2O3. The summed E-state index contributed by atoms with van der Waals surface area (Å²) < 4.78 is 11.3. The van der Waals surface area contributed by atoms with Crippen LogP contribution in [-0.2, 0) is 4.74 Å². The van der Waals surface area contributed by atoms with Crippen LogP contribution in [0.3, 0.4) is 0 Å². The molecule has 1 saturated heterocycles. The van der Waals surface area contributed by atoms with E-state index < -0.39 is 6.10 Å². The molecule has 0 spiro atoms. The maximum atomic E-state index is 10.6. The van der Waals surface area contributed by atoms with E-state index in [0.29, 0.717) is 5.02 Å². The fourth-order valence-corrected chi connectivity index (χ4v) is 3.62. The van der Waals surface area contributed by atoms with E-state index in [1.54, 1.807) is 6.07 Å². The van der Waals surface area contributed by atoms with E-state index in [9.17, 15) is 5.11 Å². The monoisotopic (exact) mass is 354 g/mol. The lowest BCUT2D eigenvalue weighted by Crippen LogP contribution is -2.52. The van der Waals surface area contributed by atoms with Gasteiger partial charge in [0.2, 0.25) is 0 Å². The standard InChI is InChI=1S/C18H27ClN2O3/c19-14-3-1-4-15(13-14)24-17-6-2-5-16(18(17)22)20-7-8-21-9-11-23-12-10-21/h1,3-4,13,16-18,20,22H,2,5-12H2/t16-,17+,18+/m0/s1. The number of aliphatic hydroxyl groups is 1. The van der Waals surface area contributed by atoms with Gasteiger partial charge in [0.15, 0.2) is 0 Å². The minimum atomic E-state index is -0.498. The molecule has 134 valence electrons. The van der Waals surface area contributed by atoms with E-state index >= 15 is 0 Å². The van der Waals surface area contributed by atoms with Crippen LogP contribution in [0.15, 0.2) is 24.3 Å². The van der Waals surface area contributed by atoms with Crippen molar-refractivity contribution in [3.8, 4) is 5.75 Å². The first-order valence-electron chi connectivity index (χ1n) is 8.86. The van der Waals surface area contributed by atoms with Crippen LogP contribution in [0.2, 0.25) is 5.02 Å². The minimum Gasteiger partial charge on any atom is -0.488 e. The zero-order chi connectivity index (χ0) is 16.8. The second-order valence-electron chi connectivity index (χ2n) is 6.55. The lowest BCUT2D eigenvalue weighted by atomic mass is 9.90. The third-order valence-corrected chi connectivity index (χ3v) is 5.05. The Morgan fingerprint density at radius 3 is 2.92 bits per heavy atom. The number of aliphatic hydroxyl groups excluding tert-OH is 1. The minimum absolute atomic E-state index is 0.0870. The van der Waals surface area contributed by atoms with Gasteiger partial charge in [-0.1, -0.05) is 17.7 Å². The zero-order valence-corrected chi connectivity index (χ0v) is 14.8. The first kappa shape index (κ1) is 18.0. The van der Waals surface area contributed by atoms with Crippen molar-refractivity contribution in [2.24, 2.45) is 0 Å². The molecule has 3 atom stereocenters. The SMILES string of the molecule is O[C@@H]1[C@@H](NCCN2CCOCC2)CCC[C@H]1Oc1cccc(Cl)c1. The van der Waals surface area contributed by atoms with Crippen LogP contribution >= 0.6 is 11.6 Å². The highest BCUT2D eigenvalue weighted by atomic mass is 35.5. The maximum absolute atomic E-state index is 10.6. The summed E-state index contributed by atoms with van der Waals surface area (Å²) in [6.07, 6.45) is 2.23. The molecule has 0 amide bonds. The average Bonchev–Trinajstić information content (AvgIpc) is 2.59. The Kier molecular flexibility index (Phi) is 6.75. The van der Waals surface area contributed by atoms with Crippen molar-refractivity contribution in [3.63, 3.8) is 0 Å². The number of halogens is 1. The van der Waals surface area contributed by atoms with Gasteiger partial charge in [0.05, 0.1) is 13.2 Å². The summed E-state index contributed by atoms with van der Waals surface area (Å²) in [6.45, 7) is 5.51. The molecule has 0 unspecified atom stereocenters. The fourth-order valence-electron chi connectivity index (χ4n) is 3.44. The Balaban J connectivity index is 1.46. The predicted octanol–water partition coefficient (Wildman–Crippen LogP) is 1.92. The molecule has 1 heterocycles. The normalized spacial score (nSPS) is 28.7. The van der Waals surface area contributed by atoms with Crippen LogP contribution in [0.4, 0.5) is 0 Å². The summed E-state index contributed by atoms with van der Waals surface area (Å²) in [4.78, 5) is 2.39. The third-order valence-electron chi connectivity index (χ3n) is 4.82. The van der Waals surface area contributed by atoms with Crippen molar-refractivity contribution < 1.29 is 14.6 Å². The molecule has 6 heteroatoms. The van der Waals surface area contributed by atoms with Crippen molar-refractivity contribution in [2.75, 3.05) is 39.4 Å². The Bertz CT molecular complexity index is 511. The summed E-state index contributed by atoms with van der Waals surface area (Å²) in [5, 5.41) is 14.8. The number of rotatable bonds is 6. The number of ether oxygens (including phenoxy) is 2. The molecule has 1 aromatic carbocycles. The van der Waals surface area contributed by atoms with Gasteiger partial charge in [-0.15, -0.1) is 0 Å². The molecule has 1 saturated carbocycles. The summed E-state index contributed by atoms with van der Waals surface area (Å²) in [7, 11) is 0. The van der Waals surface area contributed by atoms with Crippen molar-refractivity contribution in [1.29, 1.82) is 0 Å². The molecule has 2 fully saturated rings. The molecule has 1 aliphatic carbocycles. The Morgan fingerprint density at radius 1 is 1.29 bits per heavy atom. The summed E-state index contributed by atoms with van der Waals surface area (Å²) in [5.74, 6) is 0.723. The van der Waals surface area contributed by atoms with Crippen LogP contribution in [0.1, 0.15) is 19.3 Å². The highest BCUT2D eigenvalue weighted by Gasteiger charge is 2.33. The van der Waals surface area contributed by atoms with Gasteiger partial charge in [0.1, 0.15) is 18.0 Å². The van der Waals surface area contributed by atoms with Gasteiger partial charge in [0, 0.05) is 37.2 Å². The van der Waals surface area contributed by atoms with Crippen LogP contribution in [-0.4, -0.2) is 67.6 Å². The molecule has 1 aromatic rings. The Labute approximate surface area is 148 Å². The number of benzene rings is 1. The predicted molar refractivity (Wildman–Crippen MR) is 94.8 cm³/mol. The van der Waals surface area contributed by atoms with Gasteiger partial charge >= 0.3 is 0 Å². The quantitative estimate of drug-likeness (QED) is 0.817.